The van der Waals surface area contributed by atoms with Crippen LogP contribution in [0.3, 0.4) is 0 Å². The van der Waals surface area contributed by atoms with E-state index in [1.807, 2.05) is 0 Å². The number of rotatable bonds is 7. The summed E-state index contributed by atoms with van der Waals surface area (Å²) in [6.07, 6.45) is 11.8. The van der Waals surface area contributed by atoms with Crippen LogP contribution < -0.4 is 0 Å². The maximum absolute atomic E-state index is 11.5. The predicted molar refractivity (Wildman–Crippen MR) is 66.3 cm³/mol. The summed E-state index contributed by atoms with van der Waals surface area (Å²) in [4.78, 5) is 11.5. The molecule has 16 heavy (non-hydrogen) atoms. The summed E-state index contributed by atoms with van der Waals surface area (Å²) in [5.41, 5.74) is 0. The molecular weight excluding hydrogens is 200 g/mol. The largest absolute Gasteiger partial charge is 0.466 e. The molecule has 2 nitrogen and oxygen atoms in total. The second-order valence-electron chi connectivity index (χ2n) is 4.99. The quantitative estimate of drug-likeness (QED) is 0.483. The molecule has 1 fully saturated rings. The van der Waals surface area contributed by atoms with Crippen LogP contribution in [0.4, 0.5) is 0 Å². The highest BCUT2D eigenvalue weighted by Crippen LogP contribution is 2.26. The molecule has 0 saturated heterocycles. The van der Waals surface area contributed by atoms with Crippen molar-refractivity contribution in [2.24, 2.45) is 5.92 Å². The Bertz CT molecular complexity index is 183. The lowest BCUT2D eigenvalue weighted by molar-refractivity contribution is -0.145. The molecule has 0 atom stereocenters. The predicted octanol–water partition coefficient (Wildman–Crippen LogP) is 4.08. The molecule has 0 amide bonds. The highest BCUT2D eigenvalue weighted by molar-refractivity contribution is 5.69. The third-order valence-corrected chi connectivity index (χ3v) is 3.44. The zero-order chi connectivity index (χ0) is 11.6. The van der Waals surface area contributed by atoms with E-state index >= 15 is 0 Å². The molecule has 1 rings (SSSR count). The first-order valence-corrected chi connectivity index (χ1v) is 6.98. The first kappa shape index (κ1) is 13.5. The minimum absolute atomic E-state index is 0.0309. The summed E-state index contributed by atoms with van der Waals surface area (Å²) in [5, 5.41) is 0. The summed E-state index contributed by atoms with van der Waals surface area (Å²) in [5.74, 6) is 0.639. The Balaban J connectivity index is 1.97. The van der Waals surface area contributed by atoms with Gasteiger partial charge < -0.3 is 4.74 Å². The van der Waals surface area contributed by atoms with Crippen LogP contribution in [0, 0.1) is 5.92 Å². The number of carbonyl (C=O) groups is 1. The second kappa shape index (κ2) is 8.60. The lowest BCUT2D eigenvalue weighted by Gasteiger charge is -2.20. The van der Waals surface area contributed by atoms with Crippen LogP contribution in [0.15, 0.2) is 0 Å². The molecule has 0 unspecified atom stereocenters. The van der Waals surface area contributed by atoms with Gasteiger partial charge in [0.25, 0.3) is 0 Å². The summed E-state index contributed by atoms with van der Waals surface area (Å²) >= 11 is 0. The van der Waals surface area contributed by atoms with E-state index in [9.17, 15) is 4.79 Å². The van der Waals surface area contributed by atoms with Crippen LogP contribution in [0.25, 0.3) is 0 Å². The van der Waals surface area contributed by atoms with Crippen molar-refractivity contribution in [3.05, 3.63) is 0 Å². The van der Waals surface area contributed by atoms with Crippen LogP contribution in [-0.4, -0.2) is 12.6 Å². The Morgan fingerprint density at radius 2 is 1.88 bits per heavy atom. The normalized spacial score (nSPS) is 17.3. The number of unbranched alkanes of at least 4 members (excludes halogenated alkanes) is 3. The Morgan fingerprint density at radius 1 is 1.12 bits per heavy atom. The van der Waals surface area contributed by atoms with E-state index in [2.05, 4.69) is 6.92 Å². The number of ether oxygens (including phenoxy) is 1. The Labute approximate surface area is 99.8 Å². The standard InChI is InChI=1S/C14H26O2/c1-2-3-4-8-11-16-14(15)12-13-9-6-5-7-10-13/h13H,2-12H2,1H3. The molecule has 0 radical (unpaired) electrons. The highest BCUT2D eigenvalue weighted by atomic mass is 16.5. The van der Waals surface area contributed by atoms with Crippen molar-refractivity contribution in [3.8, 4) is 0 Å². The van der Waals surface area contributed by atoms with Gasteiger partial charge in [-0.25, -0.2) is 0 Å². The molecule has 1 saturated carbocycles. The topological polar surface area (TPSA) is 26.3 Å². The number of esters is 1. The third-order valence-electron chi connectivity index (χ3n) is 3.44. The molecule has 0 aromatic rings. The van der Waals surface area contributed by atoms with Crippen molar-refractivity contribution in [2.45, 2.75) is 71.1 Å². The Kier molecular flexibility index (Phi) is 7.28. The molecule has 2 heteroatoms. The second-order valence-corrected chi connectivity index (χ2v) is 4.99. The molecule has 0 aliphatic heterocycles. The van der Waals surface area contributed by atoms with E-state index in [-0.39, 0.29) is 5.97 Å². The van der Waals surface area contributed by atoms with E-state index in [4.69, 9.17) is 4.74 Å². The summed E-state index contributed by atoms with van der Waals surface area (Å²) < 4.78 is 5.25. The van der Waals surface area contributed by atoms with Crippen molar-refractivity contribution in [3.63, 3.8) is 0 Å². The molecule has 94 valence electrons. The summed E-state index contributed by atoms with van der Waals surface area (Å²) in [6.45, 7) is 2.82. The molecule has 0 spiro atoms. The van der Waals surface area contributed by atoms with E-state index in [1.54, 1.807) is 0 Å². The number of hydrogen-bond donors (Lipinski definition) is 0. The lowest BCUT2D eigenvalue weighted by Crippen LogP contribution is -2.14. The average Bonchev–Trinajstić information content (AvgIpc) is 2.30. The van der Waals surface area contributed by atoms with Crippen molar-refractivity contribution < 1.29 is 9.53 Å². The van der Waals surface area contributed by atoms with E-state index in [0.717, 1.165) is 6.42 Å². The van der Waals surface area contributed by atoms with Gasteiger partial charge in [-0.1, -0.05) is 45.4 Å². The SMILES string of the molecule is CCCCCCOC(=O)CC1CCCCC1. The number of hydrogen-bond acceptors (Lipinski definition) is 2. The molecule has 1 aliphatic carbocycles. The van der Waals surface area contributed by atoms with E-state index < -0.39 is 0 Å². The Morgan fingerprint density at radius 3 is 2.56 bits per heavy atom. The van der Waals surface area contributed by atoms with Crippen LogP contribution in [0.5, 0.6) is 0 Å². The van der Waals surface area contributed by atoms with Gasteiger partial charge >= 0.3 is 5.97 Å². The molecule has 0 heterocycles. The molecule has 1 aliphatic rings. The highest BCUT2D eigenvalue weighted by Gasteiger charge is 2.17. The van der Waals surface area contributed by atoms with Gasteiger partial charge in [-0.05, 0) is 25.2 Å². The summed E-state index contributed by atoms with van der Waals surface area (Å²) in [6, 6.07) is 0. The maximum atomic E-state index is 11.5. The van der Waals surface area contributed by atoms with Gasteiger partial charge in [0.1, 0.15) is 0 Å². The van der Waals surface area contributed by atoms with Gasteiger partial charge in [-0.2, -0.15) is 0 Å². The number of carbonyl (C=O) groups excluding carboxylic acids is 1. The van der Waals surface area contributed by atoms with Crippen LogP contribution >= 0.6 is 0 Å². The maximum Gasteiger partial charge on any atom is 0.306 e. The fourth-order valence-corrected chi connectivity index (χ4v) is 2.40. The van der Waals surface area contributed by atoms with E-state index in [0.29, 0.717) is 18.9 Å². The molecule has 0 aromatic carbocycles. The van der Waals surface area contributed by atoms with E-state index in [1.165, 1.54) is 51.4 Å². The van der Waals surface area contributed by atoms with Gasteiger partial charge in [0.15, 0.2) is 0 Å². The molecule has 0 bridgehead atoms. The smallest absolute Gasteiger partial charge is 0.306 e. The van der Waals surface area contributed by atoms with Gasteiger partial charge in [0.2, 0.25) is 0 Å². The third kappa shape index (κ3) is 6.14. The zero-order valence-electron chi connectivity index (χ0n) is 10.7. The first-order valence-electron chi connectivity index (χ1n) is 6.98. The van der Waals surface area contributed by atoms with Crippen LogP contribution in [-0.2, 0) is 9.53 Å². The lowest BCUT2D eigenvalue weighted by atomic mass is 9.87. The Hall–Kier alpha value is -0.530. The van der Waals surface area contributed by atoms with Gasteiger partial charge in [0.05, 0.1) is 6.61 Å². The fraction of sp³-hybridized carbons (Fsp3) is 0.929. The van der Waals surface area contributed by atoms with Gasteiger partial charge in [-0.3, -0.25) is 4.79 Å². The van der Waals surface area contributed by atoms with Crippen molar-refractivity contribution >= 4 is 5.97 Å². The average molecular weight is 226 g/mol. The minimum atomic E-state index is 0.0309. The van der Waals surface area contributed by atoms with Gasteiger partial charge in [-0.15, -0.1) is 0 Å². The van der Waals surface area contributed by atoms with Crippen molar-refractivity contribution in [2.75, 3.05) is 6.61 Å². The zero-order valence-corrected chi connectivity index (χ0v) is 10.7. The van der Waals surface area contributed by atoms with Crippen LogP contribution in [0.2, 0.25) is 0 Å². The first-order chi connectivity index (χ1) is 7.83. The molecule has 0 aromatic heterocycles. The van der Waals surface area contributed by atoms with Gasteiger partial charge in [0, 0.05) is 6.42 Å². The van der Waals surface area contributed by atoms with Crippen molar-refractivity contribution in [1.29, 1.82) is 0 Å². The van der Waals surface area contributed by atoms with Crippen LogP contribution in [0.1, 0.15) is 71.1 Å². The van der Waals surface area contributed by atoms with Crippen molar-refractivity contribution in [1.82, 2.24) is 0 Å². The fourth-order valence-electron chi connectivity index (χ4n) is 2.40. The molecular formula is C14H26O2. The molecule has 0 N–H and O–H groups in total. The summed E-state index contributed by atoms with van der Waals surface area (Å²) in [7, 11) is 0. The minimum Gasteiger partial charge on any atom is -0.466 e. The monoisotopic (exact) mass is 226 g/mol.